The number of aliphatic carboxylic acids is 1. The van der Waals surface area contributed by atoms with Gasteiger partial charge in [-0.25, -0.2) is 4.68 Å². The number of ether oxygens (including phenoxy) is 2. The highest BCUT2D eigenvalue weighted by molar-refractivity contribution is 5.86. The Kier molecular flexibility index (Phi) is 5.03. The number of nitrogens with zero attached hydrogens (tertiary/aromatic N) is 2. The summed E-state index contributed by atoms with van der Waals surface area (Å²) in [5.41, 5.74) is 2.90. The number of rotatable bonds is 6. The van der Waals surface area contributed by atoms with Crippen LogP contribution in [0.15, 0.2) is 60.8 Å². The first-order chi connectivity index (χ1) is 12.6. The summed E-state index contributed by atoms with van der Waals surface area (Å²) in [5, 5.41) is 15.4. The Hall–Kier alpha value is -3.54. The predicted molar refractivity (Wildman–Crippen MR) is 96.1 cm³/mol. The minimum absolute atomic E-state index is 0.564. The summed E-state index contributed by atoms with van der Waals surface area (Å²) in [6, 6.07) is 15.0. The van der Waals surface area contributed by atoms with E-state index in [1.807, 2.05) is 36.4 Å². The number of benzene rings is 2. The Morgan fingerprint density at radius 2 is 1.81 bits per heavy atom. The zero-order valence-electron chi connectivity index (χ0n) is 14.4. The van der Waals surface area contributed by atoms with Crippen molar-refractivity contribution in [2.24, 2.45) is 0 Å². The number of para-hydroxylation sites is 1. The van der Waals surface area contributed by atoms with Crippen LogP contribution in [0.2, 0.25) is 0 Å². The summed E-state index contributed by atoms with van der Waals surface area (Å²) < 4.78 is 12.3. The minimum Gasteiger partial charge on any atom is -0.545 e. The summed E-state index contributed by atoms with van der Waals surface area (Å²) in [6.45, 7) is 0. The van der Waals surface area contributed by atoms with E-state index in [9.17, 15) is 9.90 Å². The van der Waals surface area contributed by atoms with Crippen LogP contribution in [0.5, 0.6) is 11.5 Å². The quantitative estimate of drug-likeness (QED) is 0.638. The molecule has 0 aliphatic rings. The van der Waals surface area contributed by atoms with Crippen LogP contribution in [0, 0.1) is 0 Å². The average Bonchev–Trinajstić information content (AvgIpc) is 3.10. The van der Waals surface area contributed by atoms with Gasteiger partial charge < -0.3 is 19.4 Å². The predicted octanol–water partition coefficient (Wildman–Crippen LogP) is 2.32. The van der Waals surface area contributed by atoms with Crippen molar-refractivity contribution >= 4 is 12.0 Å². The molecule has 3 rings (SSSR count). The standard InChI is InChI=1S/C20H18N2O4/c1-25-17-10-8-14(12-18(17)26-2)20-15(9-11-19(23)24)13-22(21-20)16-6-4-3-5-7-16/h3-13H,1-2H3,(H,23,24)/p-1/b11-9-. The smallest absolute Gasteiger partial charge is 0.161 e. The molecule has 0 amide bonds. The van der Waals surface area contributed by atoms with Crippen molar-refractivity contribution in [3.8, 4) is 28.4 Å². The maximum atomic E-state index is 10.8. The molecule has 1 heterocycles. The molecule has 6 nitrogen and oxygen atoms in total. The number of carboxylic acid groups (broad SMARTS) is 1. The summed E-state index contributed by atoms with van der Waals surface area (Å²) >= 11 is 0. The van der Waals surface area contributed by atoms with E-state index >= 15 is 0 Å². The van der Waals surface area contributed by atoms with Gasteiger partial charge in [-0.3, -0.25) is 0 Å². The first-order valence-electron chi connectivity index (χ1n) is 7.89. The number of methoxy groups -OCH3 is 2. The number of hydrogen-bond acceptors (Lipinski definition) is 5. The normalized spacial score (nSPS) is 10.8. The molecule has 26 heavy (non-hydrogen) atoms. The Balaban J connectivity index is 2.13. The van der Waals surface area contributed by atoms with Crippen molar-refractivity contribution in [3.63, 3.8) is 0 Å². The molecule has 132 valence electrons. The SMILES string of the molecule is COc1ccc(-c2nn(-c3ccccc3)cc2/C=C\C(=O)[O-])cc1OC. The largest absolute Gasteiger partial charge is 0.545 e. The summed E-state index contributed by atoms with van der Waals surface area (Å²) in [6.07, 6.45) is 4.21. The summed E-state index contributed by atoms with van der Waals surface area (Å²) in [4.78, 5) is 10.8. The van der Waals surface area contributed by atoms with Gasteiger partial charge in [0.05, 0.1) is 25.9 Å². The molecule has 0 N–H and O–H groups in total. The van der Waals surface area contributed by atoms with Crippen molar-refractivity contribution < 1.29 is 19.4 Å². The van der Waals surface area contributed by atoms with Gasteiger partial charge in [0.25, 0.3) is 0 Å². The van der Waals surface area contributed by atoms with Gasteiger partial charge in [0.2, 0.25) is 0 Å². The van der Waals surface area contributed by atoms with Gasteiger partial charge in [-0.2, -0.15) is 5.10 Å². The van der Waals surface area contributed by atoms with E-state index in [0.29, 0.717) is 22.8 Å². The molecule has 1 aromatic heterocycles. The molecule has 0 radical (unpaired) electrons. The van der Waals surface area contributed by atoms with E-state index in [2.05, 4.69) is 5.10 Å². The van der Waals surface area contributed by atoms with E-state index in [1.165, 1.54) is 6.08 Å². The Labute approximate surface area is 150 Å². The fourth-order valence-corrected chi connectivity index (χ4v) is 2.59. The van der Waals surface area contributed by atoms with Gasteiger partial charge in [0.15, 0.2) is 11.5 Å². The molecule has 0 saturated heterocycles. The van der Waals surface area contributed by atoms with E-state index < -0.39 is 5.97 Å². The molecule has 6 heteroatoms. The number of carbonyl (C=O) groups excluding carboxylic acids is 1. The van der Waals surface area contributed by atoms with Crippen molar-refractivity contribution in [2.75, 3.05) is 14.2 Å². The van der Waals surface area contributed by atoms with Gasteiger partial charge in [0, 0.05) is 17.3 Å². The van der Waals surface area contributed by atoms with Gasteiger partial charge in [0.1, 0.15) is 5.69 Å². The lowest BCUT2D eigenvalue weighted by atomic mass is 10.1. The van der Waals surface area contributed by atoms with Gasteiger partial charge in [-0.05, 0) is 42.5 Å². The van der Waals surface area contributed by atoms with Crippen LogP contribution in [0.1, 0.15) is 5.56 Å². The fourth-order valence-electron chi connectivity index (χ4n) is 2.59. The highest BCUT2D eigenvalue weighted by Gasteiger charge is 2.13. The number of carboxylic acids is 1. The molecule has 0 saturated carbocycles. The maximum Gasteiger partial charge on any atom is 0.161 e. The van der Waals surface area contributed by atoms with Crippen molar-refractivity contribution in [1.82, 2.24) is 9.78 Å². The van der Waals surface area contributed by atoms with E-state index in [4.69, 9.17) is 9.47 Å². The third kappa shape index (κ3) is 3.59. The Morgan fingerprint density at radius 1 is 1.08 bits per heavy atom. The lowest BCUT2D eigenvalue weighted by Gasteiger charge is -2.09. The summed E-state index contributed by atoms with van der Waals surface area (Å²) in [7, 11) is 3.12. The van der Waals surface area contributed by atoms with Crippen molar-refractivity contribution in [2.45, 2.75) is 0 Å². The zero-order chi connectivity index (χ0) is 18.5. The highest BCUT2D eigenvalue weighted by atomic mass is 16.5. The van der Waals surface area contributed by atoms with Gasteiger partial charge >= 0.3 is 0 Å². The van der Waals surface area contributed by atoms with E-state index in [1.54, 1.807) is 37.2 Å². The molecule has 0 aliphatic heterocycles. The second kappa shape index (κ2) is 7.57. The van der Waals surface area contributed by atoms with Crippen LogP contribution in [0.25, 0.3) is 23.0 Å². The molecule has 0 aliphatic carbocycles. The maximum absolute atomic E-state index is 10.8. The average molecular weight is 349 g/mol. The van der Waals surface area contributed by atoms with Crippen LogP contribution in [0.4, 0.5) is 0 Å². The number of hydrogen-bond donors (Lipinski definition) is 0. The van der Waals surface area contributed by atoms with E-state index in [0.717, 1.165) is 17.3 Å². The molecule has 3 aromatic rings. The summed E-state index contributed by atoms with van der Waals surface area (Å²) in [5.74, 6) is -0.101. The van der Waals surface area contributed by atoms with E-state index in [-0.39, 0.29) is 0 Å². The molecule has 0 unspecified atom stereocenters. The van der Waals surface area contributed by atoms with Gasteiger partial charge in [-0.15, -0.1) is 0 Å². The molecule has 2 aromatic carbocycles. The molecule has 0 fully saturated rings. The highest BCUT2D eigenvalue weighted by Crippen LogP contribution is 2.33. The van der Waals surface area contributed by atoms with Crippen molar-refractivity contribution in [3.05, 3.63) is 66.4 Å². The molecule has 0 atom stereocenters. The van der Waals surface area contributed by atoms with Crippen LogP contribution in [-0.2, 0) is 4.79 Å². The van der Waals surface area contributed by atoms with Crippen LogP contribution in [0.3, 0.4) is 0 Å². The molecule has 0 spiro atoms. The van der Waals surface area contributed by atoms with Gasteiger partial charge in [-0.1, -0.05) is 18.2 Å². The number of aromatic nitrogens is 2. The zero-order valence-corrected chi connectivity index (χ0v) is 14.4. The van der Waals surface area contributed by atoms with Crippen molar-refractivity contribution in [1.29, 1.82) is 0 Å². The van der Waals surface area contributed by atoms with Crippen LogP contribution >= 0.6 is 0 Å². The van der Waals surface area contributed by atoms with Crippen LogP contribution in [-0.4, -0.2) is 30.0 Å². The minimum atomic E-state index is -1.27. The molecule has 0 bridgehead atoms. The lowest BCUT2D eigenvalue weighted by Crippen LogP contribution is -2.18. The second-order valence-corrected chi connectivity index (χ2v) is 5.44. The Bertz CT molecular complexity index is 946. The third-order valence-corrected chi connectivity index (χ3v) is 3.82. The monoisotopic (exact) mass is 349 g/mol. The van der Waals surface area contributed by atoms with Crippen LogP contribution < -0.4 is 14.6 Å². The molecular weight excluding hydrogens is 332 g/mol. The number of carbonyl (C=O) groups is 1. The third-order valence-electron chi connectivity index (χ3n) is 3.82. The topological polar surface area (TPSA) is 76.4 Å². The first-order valence-corrected chi connectivity index (χ1v) is 7.89. The Morgan fingerprint density at radius 3 is 2.46 bits per heavy atom. The second-order valence-electron chi connectivity index (χ2n) is 5.44. The first kappa shape index (κ1) is 17.3. The molecular formula is C20H17N2O4-. The lowest BCUT2D eigenvalue weighted by molar-refractivity contribution is -0.297. The fraction of sp³-hybridized carbons (Fsp3) is 0.100.